The Balaban J connectivity index is 1.56. The van der Waals surface area contributed by atoms with E-state index in [-0.39, 0.29) is 11.4 Å². The van der Waals surface area contributed by atoms with Crippen molar-refractivity contribution in [3.63, 3.8) is 0 Å². The predicted octanol–water partition coefficient (Wildman–Crippen LogP) is 3.91. The normalized spacial score (nSPS) is 38.8. The summed E-state index contributed by atoms with van der Waals surface area (Å²) in [5.41, 5.74) is 8.95. The highest BCUT2D eigenvalue weighted by molar-refractivity contribution is 7.80. The van der Waals surface area contributed by atoms with Crippen LogP contribution in [0.3, 0.4) is 0 Å². The number of hydrogen-bond acceptors (Lipinski definition) is 3. The van der Waals surface area contributed by atoms with Crippen LogP contribution >= 0.6 is 12.2 Å². The molecule has 25 heavy (non-hydrogen) atoms. The largest absolute Gasteiger partial charge is 0.374 e. The fraction of sp³-hybridized carbons (Fsp3) is 0.700. The lowest BCUT2D eigenvalue weighted by atomic mass is 9.59. The number of nitrogens with zero attached hydrogens (tertiary/aromatic N) is 1. The van der Waals surface area contributed by atoms with Crippen LogP contribution in [0.4, 0.5) is 0 Å². The van der Waals surface area contributed by atoms with E-state index in [0.29, 0.717) is 16.7 Å². The van der Waals surface area contributed by atoms with Gasteiger partial charge in [0.15, 0.2) is 11.4 Å². The Morgan fingerprint density at radius 3 is 2.92 bits per heavy atom. The van der Waals surface area contributed by atoms with Crippen molar-refractivity contribution >= 4 is 23.0 Å². The summed E-state index contributed by atoms with van der Waals surface area (Å²) >= 11 is 5.01. The number of fused-ring (bicyclic) bond motifs is 1. The van der Waals surface area contributed by atoms with Crippen LogP contribution < -0.4 is 5.73 Å². The van der Waals surface area contributed by atoms with Gasteiger partial charge < -0.3 is 15.2 Å². The summed E-state index contributed by atoms with van der Waals surface area (Å²) in [5, 5.41) is 0.241. The number of aliphatic imine (C=N–C) groups is 1. The van der Waals surface area contributed by atoms with E-state index in [9.17, 15) is 0 Å². The monoisotopic (exact) mass is 360 g/mol. The van der Waals surface area contributed by atoms with Crippen molar-refractivity contribution in [1.29, 1.82) is 0 Å². The third-order valence-corrected chi connectivity index (χ3v) is 6.63. The molecule has 0 aromatic rings. The summed E-state index contributed by atoms with van der Waals surface area (Å²) in [6.07, 6.45) is 15.1. The van der Waals surface area contributed by atoms with E-state index >= 15 is 0 Å². The van der Waals surface area contributed by atoms with Gasteiger partial charge in [0.05, 0.1) is 13.2 Å². The van der Waals surface area contributed by atoms with Crippen LogP contribution in [0, 0.1) is 16.7 Å². The van der Waals surface area contributed by atoms with Crippen LogP contribution in [0.1, 0.15) is 51.9 Å². The van der Waals surface area contributed by atoms with Gasteiger partial charge in [0.2, 0.25) is 0 Å². The van der Waals surface area contributed by atoms with Crippen LogP contribution in [0.15, 0.2) is 28.8 Å². The van der Waals surface area contributed by atoms with Gasteiger partial charge in [-0.25, -0.2) is 4.99 Å². The molecule has 5 heteroatoms. The van der Waals surface area contributed by atoms with Crippen LogP contribution in [0.25, 0.3) is 0 Å². The highest BCUT2D eigenvalue weighted by Gasteiger charge is 2.54. The molecule has 2 bridgehead atoms. The Morgan fingerprint density at radius 2 is 2.16 bits per heavy atom. The van der Waals surface area contributed by atoms with Gasteiger partial charge in [-0.2, -0.15) is 0 Å². The minimum atomic E-state index is -0.0117. The number of rotatable bonds is 4. The number of hydrogen-bond donors (Lipinski definition) is 1. The van der Waals surface area contributed by atoms with E-state index in [4.69, 9.17) is 27.4 Å². The standard InChI is InChI=1S/C20H28N2O2S/c1-19-6-5-15-12-16(22-18(21)25)11-14(20(15,13-19)8-7-19)3-2-4-17-23-9-10-24-17/h5-6,11,15,17H,2-4,7-10,12-13H2,1H3,(H2,21,25)/b22-16+/t15?,19-,20+/m1/s1. The lowest BCUT2D eigenvalue weighted by molar-refractivity contribution is -0.0478. The molecule has 136 valence electrons. The molecule has 3 atom stereocenters. The van der Waals surface area contributed by atoms with Crippen molar-refractivity contribution in [2.24, 2.45) is 27.5 Å². The number of allylic oxidation sites excluding steroid dienone is 4. The topological polar surface area (TPSA) is 56.8 Å². The predicted molar refractivity (Wildman–Crippen MR) is 103 cm³/mol. The Bertz CT molecular complexity index is 650. The molecule has 4 nitrogen and oxygen atoms in total. The first-order valence-electron chi connectivity index (χ1n) is 9.50. The molecular weight excluding hydrogens is 332 g/mol. The Morgan fingerprint density at radius 1 is 1.36 bits per heavy atom. The fourth-order valence-electron chi connectivity index (χ4n) is 5.38. The maximum atomic E-state index is 5.68. The van der Waals surface area contributed by atoms with Gasteiger partial charge in [-0.15, -0.1) is 0 Å². The molecule has 1 saturated heterocycles. The van der Waals surface area contributed by atoms with Gasteiger partial charge in [0, 0.05) is 5.71 Å². The molecule has 4 aliphatic rings. The third kappa shape index (κ3) is 3.34. The second-order valence-electron chi connectivity index (χ2n) is 8.33. The average Bonchev–Trinajstić information content (AvgIpc) is 3.15. The van der Waals surface area contributed by atoms with Crippen molar-refractivity contribution in [3.05, 3.63) is 23.8 Å². The van der Waals surface area contributed by atoms with Gasteiger partial charge in [0.25, 0.3) is 0 Å². The first kappa shape index (κ1) is 17.4. The molecule has 4 rings (SSSR count). The summed E-state index contributed by atoms with van der Waals surface area (Å²) < 4.78 is 11.2. The van der Waals surface area contributed by atoms with Crippen LogP contribution in [-0.2, 0) is 9.47 Å². The minimum absolute atomic E-state index is 0.0117. The Kier molecular flexibility index (Phi) is 4.59. The summed E-state index contributed by atoms with van der Waals surface area (Å²) in [5.74, 6) is 0.537. The number of ether oxygens (including phenoxy) is 2. The SMILES string of the molecule is C[C@@]12C=CC3C/C(=N/C(N)=S)C=C(CCCC4OCCO4)[C@]3(CC1)C2. The molecule has 1 spiro atoms. The second kappa shape index (κ2) is 6.60. The Hall–Kier alpha value is -1.04. The molecule has 3 aliphatic carbocycles. The maximum Gasteiger partial charge on any atom is 0.190 e. The molecular formula is C20H28N2O2S. The van der Waals surface area contributed by atoms with Gasteiger partial charge in [-0.1, -0.05) is 24.6 Å². The van der Waals surface area contributed by atoms with Gasteiger partial charge in [-0.05, 0) is 80.0 Å². The van der Waals surface area contributed by atoms with Crippen LogP contribution in [0.2, 0.25) is 0 Å². The maximum absolute atomic E-state index is 5.68. The highest BCUT2D eigenvalue weighted by atomic mass is 32.1. The number of thiocarbonyl (C=S) groups is 1. The van der Waals surface area contributed by atoms with Crippen LogP contribution in [0.5, 0.6) is 0 Å². The van der Waals surface area contributed by atoms with Crippen molar-refractivity contribution in [1.82, 2.24) is 0 Å². The van der Waals surface area contributed by atoms with E-state index < -0.39 is 0 Å². The quantitative estimate of drug-likeness (QED) is 0.610. The molecule has 2 N–H and O–H groups in total. The van der Waals surface area contributed by atoms with Crippen molar-refractivity contribution < 1.29 is 9.47 Å². The second-order valence-corrected chi connectivity index (χ2v) is 8.75. The first-order valence-corrected chi connectivity index (χ1v) is 9.91. The molecule has 0 aromatic carbocycles. The summed E-state index contributed by atoms with van der Waals surface area (Å²) in [6, 6.07) is 0. The highest BCUT2D eigenvalue weighted by Crippen LogP contribution is 2.63. The average molecular weight is 361 g/mol. The van der Waals surface area contributed by atoms with E-state index in [1.165, 1.54) is 19.3 Å². The van der Waals surface area contributed by atoms with Crippen LogP contribution in [-0.4, -0.2) is 30.3 Å². The van der Waals surface area contributed by atoms with E-state index in [0.717, 1.165) is 44.6 Å². The zero-order valence-electron chi connectivity index (χ0n) is 15.0. The summed E-state index contributed by atoms with van der Waals surface area (Å²) in [4.78, 5) is 4.43. The van der Waals surface area contributed by atoms with Crippen molar-refractivity contribution in [2.75, 3.05) is 13.2 Å². The molecule has 1 saturated carbocycles. The zero-order valence-corrected chi connectivity index (χ0v) is 15.8. The lowest BCUT2D eigenvalue weighted by Gasteiger charge is -2.45. The third-order valence-electron chi connectivity index (χ3n) is 6.54. The van der Waals surface area contributed by atoms with Gasteiger partial charge in [-0.3, -0.25) is 0 Å². The summed E-state index contributed by atoms with van der Waals surface area (Å²) in [6.45, 7) is 3.87. The van der Waals surface area contributed by atoms with Crippen molar-refractivity contribution in [3.8, 4) is 0 Å². The smallest absolute Gasteiger partial charge is 0.190 e. The van der Waals surface area contributed by atoms with Crippen molar-refractivity contribution in [2.45, 2.75) is 58.2 Å². The summed E-state index contributed by atoms with van der Waals surface area (Å²) in [7, 11) is 0. The molecule has 1 heterocycles. The molecule has 0 amide bonds. The van der Waals surface area contributed by atoms with E-state index in [1.807, 2.05) is 0 Å². The van der Waals surface area contributed by atoms with Gasteiger partial charge in [0.1, 0.15) is 0 Å². The number of nitrogens with two attached hydrogens (primary N) is 1. The molecule has 1 aliphatic heterocycles. The van der Waals surface area contributed by atoms with E-state index in [1.54, 1.807) is 5.57 Å². The minimum Gasteiger partial charge on any atom is -0.374 e. The molecule has 0 radical (unpaired) electrons. The lowest BCUT2D eigenvalue weighted by Crippen LogP contribution is -2.38. The molecule has 1 unspecified atom stereocenters. The molecule has 2 fully saturated rings. The van der Waals surface area contributed by atoms with Gasteiger partial charge >= 0.3 is 0 Å². The first-order chi connectivity index (χ1) is 12.0. The Labute approximate surface area is 155 Å². The zero-order chi connectivity index (χ0) is 17.5. The molecule has 0 aromatic heterocycles. The fourth-order valence-corrected chi connectivity index (χ4v) is 5.49. The van der Waals surface area contributed by atoms with E-state index in [2.05, 4.69) is 30.1 Å².